The maximum atomic E-state index is 12.5. The van der Waals surface area contributed by atoms with E-state index < -0.39 is 39.7 Å². The van der Waals surface area contributed by atoms with Crippen LogP contribution in [0.1, 0.15) is 22.8 Å². The molecule has 0 aliphatic carbocycles. The number of hydrogen-bond acceptors (Lipinski definition) is 5. The summed E-state index contributed by atoms with van der Waals surface area (Å²) in [5.41, 5.74) is -0.984. The minimum Gasteiger partial charge on any atom is -0.449 e. The third-order valence-electron chi connectivity index (χ3n) is 3.53. The fourth-order valence-electron chi connectivity index (χ4n) is 2.07. The number of benzene rings is 2. The Balaban J connectivity index is 2.03. The third-order valence-corrected chi connectivity index (χ3v) is 4.44. The average molecular weight is 416 g/mol. The predicted molar refractivity (Wildman–Crippen MR) is 92.8 cm³/mol. The lowest BCUT2D eigenvalue weighted by Crippen LogP contribution is -2.30. The van der Waals surface area contributed by atoms with Crippen LogP contribution in [0, 0.1) is 0 Å². The predicted octanol–water partition coefficient (Wildman–Crippen LogP) is 2.54. The van der Waals surface area contributed by atoms with E-state index in [9.17, 15) is 31.2 Å². The van der Waals surface area contributed by atoms with Crippen molar-refractivity contribution in [2.45, 2.75) is 24.1 Å². The Morgan fingerprint density at radius 3 is 2.25 bits per heavy atom. The molecule has 1 atom stereocenters. The molecule has 1 amide bonds. The van der Waals surface area contributed by atoms with Crippen LogP contribution in [0.25, 0.3) is 0 Å². The molecule has 7 nitrogen and oxygen atoms in total. The Morgan fingerprint density at radius 1 is 1.11 bits per heavy atom. The molecule has 0 aromatic heterocycles. The second kappa shape index (κ2) is 7.98. The number of nitrogens with two attached hydrogens (primary N) is 1. The van der Waals surface area contributed by atoms with Gasteiger partial charge in [0.25, 0.3) is 5.91 Å². The molecule has 0 fully saturated rings. The van der Waals surface area contributed by atoms with E-state index in [4.69, 9.17) is 9.88 Å². The first-order chi connectivity index (χ1) is 12.9. The van der Waals surface area contributed by atoms with Crippen LogP contribution < -0.4 is 10.5 Å². The number of esters is 1. The molecule has 150 valence electrons. The van der Waals surface area contributed by atoms with Gasteiger partial charge in [0, 0.05) is 5.69 Å². The fourth-order valence-corrected chi connectivity index (χ4v) is 2.63. The molecular formula is C17H15F3N2O5S. The van der Waals surface area contributed by atoms with Crippen LogP contribution in [0.5, 0.6) is 0 Å². The van der Waals surface area contributed by atoms with Gasteiger partial charge in [-0.3, -0.25) is 4.79 Å². The highest BCUT2D eigenvalue weighted by molar-refractivity contribution is 7.89. The number of hydrogen-bond donors (Lipinski definition) is 2. The summed E-state index contributed by atoms with van der Waals surface area (Å²) < 4.78 is 65.1. The number of sulfonamides is 1. The summed E-state index contributed by atoms with van der Waals surface area (Å²) >= 11 is 0. The molecule has 28 heavy (non-hydrogen) atoms. The van der Waals surface area contributed by atoms with Crippen molar-refractivity contribution in [2.24, 2.45) is 5.14 Å². The summed E-state index contributed by atoms with van der Waals surface area (Å²) in [5.74, 6) is -1.76. The van der Waals surface area contributed by atoms with E-state index >= 15 is 0 Å². The van der Waals surface area contributed by atoms with Gasteiger partial charge in [-0.15, -0.1) is 0 Å². The van der Waals surface area contributed by atoms with Crippen LogP contribution in [0.3, 0.4) is 0 Å². The van der Waals surface area contributed by atoms with Gasteiger partial charge in [-0.1, -0.05) is 6.07 Å². The van der Waals surface area contributed by atoms with Crippen molar-refractivity contribution < 1.29 is 35.9 Å². The van der Waals surface area contributed by atoms with Crippen LogP contribution >= 0.6 is 0 Å². The lowest BCUT2D eigenvalue weighted by atomic mass is 10.1. The number of primary sulfonamides is 1. The lowest BCUT2D eigenvalue weighted by molar-refractivity contribution is -0.137. The molecule has 0 aliphatic rings. The standard InChI is InChI=1S/C17H15F3N2O5S/c1-10(15(23)22-13-3-2-4-14(9-13)28(21,25)26)27-16(24)11-5-7-12(8-6-11)17(18,19)20/h2-10H,1H3,(H,22,23)(H2,21,25,26). The number of ether oxygens (including phenoxy) is 1. The zero-order chi connectivity index (χ0) is 21.1. The van der Waals surface area contributed by atoms with Crippen molar-refractivity contribution >= 4 is 27.6 Å². The first kappa shape index (κ1) is 21.4. The van der Waals surface area contributed by atoms with Gasteiger partial charge in [0.2, 0.25) is 10.0 Å². The van der Waals surface area contributed by atoms with Gasteiger partial charge in [0.15, 0.2) is 6.10 Å². The van der Waals surface area contributed by atoms with Crippen LogP contribution in [0.15, 0.2) is 53.4 Å². The number of carbonyl (C=O) groups is 2. The molecule has 0 spiro atoms. The van der Waals surface area contributed by atoms with Gasteiger partial charge in [-0.05, 0) is 49.4 Å². The quantitative estimate of drug-likeness (QED) is 0.727. The van der Waals surface area contributed by atoms with E-state index in [0.29, 0.717) is 0 Å². The topological polar surface area (TPSA) is 116 Å². The fraction of sp³-hybridized carbons (Fsp3) is 0.176. The summed E-state index contributed by atoms with van der Waals surface area (Å²) in [6, 6.07) is 8.43. The Labute approximate surface area is 158 Å². The molecule has 2 aromatic carbocycles. The molecule has 0 saturated heterocycles. The summed E-state index contributed by atoms with van der Waals surface area (Å²) in [6.45, 7) is 1.25. The van der Waals surface area contributed by atoms with Gasteiger partial charge in [0.1, 0.15) is 0 Å². The zero-order valence-corrected chi connectivity index (χ0v) is 15.2. The first-order valence-corrected chi connectivity index (χ1v) is 9.24. The highest BCUT2D eigenvalue weighted by atomic mass is 32.2. The summed E-state index contributed by atoms with van der Waals surface area (Å²) in [7, 11) is -3.97. The largest absolute Gasteiger partial charge is 0.449 e. The molecule has 11 heteroatoms. The van der Waals surface area contributed by atoms with Crippen molar-refractivity contribution in [1.82, 2.24) is 0 Å². The summed E-state index contributed by atoms with van der Waals surface area (Å²) in [6.07, 6.45) is -5.84. The van der Waals surface area contributed by atoms with E-state index in [1.165, 1.54) is 25.1 Å². The molecule has 0 bridgehead atoms. The SMILES string of the molecule is CC(OC(=O)c1ccc(C(F)(F)F)cc1)C(=O)Nc1cccc(S(N)(=O)=O)c1. The lowest BCUT2D eigenvalue weighted by Gasteiger charge is -2.14. The summed E-state index contributed by atoms with van der Waals surface area (Å²) in [5, 5.41) is 7.36. The van der Waals surface area contributed by atoms with E-state index in [0.717, 1.165) is 30.3 Å². The van der Waals surface area contributed by atoms with E-state index in [-0.39, 0.29) is 16.1 Å². The first-order valence-electron chi connectivity index (χ1n) is 7.70. The van der Waals surface area contributed by atoms with E-state index in [1.807, 2.05) is 0 Å². The molecule has 3 N–H and O–H groups in total. The molecule has 1 unspecified atom stereocenters. The van der Waals surface area contributed by atoms with Gasteiger partial charge in [0.05, 0.1) is 16.0 Å². The van der Waals surface area contributed by atoms with Crippen molar-refractivity contribution in [1.29, 1.82) is 0 Å². The Hall–Kier alpha value is -2.92. The number of carbonyl (C=O) groups excluding carboxylic acids is 2. The highest BCUT2D eigenvalue weighted by Gasteiger charge is 2.30. The van der Waals surface area contributed by atoms with Gasteiger partial charge >= 0.3 is 12.1 Å². The number of amides is 1. The molecule has 2 rings (SSSR count). The maximum absolute atomic E-state index is 12.5. The minimum atomic E-state index is -4.54. The number of halogens is 3. The van der Waals surface area contributed by atoms with E-state index in [2.05, 4.69) is 5.32 Å². The van der Waals surface area contributed by atoms with Crippen LogP contribution in [0.4, 0.5) is 18.9 Å². The molecule has 0 saturated carbocycles. The highest BCUT2D eigenvalue weighted by Crippen LogP contribution is 2.29. The van der Waals surface area contributed by atoms with Crippen molar-refractivity contribution in [2.75, 3.05) is 5.32 Å². The second-order valence-corrected chi connectivity index (χ2v) is 7.25. The van der Waals surface area contributed by atoms with Crippen molar-refractivity contribution in [3.63, 3.8) is 0 Å². The number of rotatable bonds is 5. The van der Waals surface area contributed by atoms with Crippen molar-refractivity contribution in [3.8, 4) is 0 Å². The van der Waals surface area contributed by atoms with E-state index in [1.54, 1.807) is 0 Å². The summed E-state index contributed by atoms with van der Waals surface area (Å²) in [4.78, 5) is 23.9. The Morgan fingerprint density at radius 2 is 1.71 bits per heavy atom. The molecule has 0 aliphatic heterocycles. The number of anilines is 1. The van der Waals surface area contributed by atoms with Crippen LogP contribution in [-0.2, 0) is 25.7 Å². The number of nitrogens with one attached hydrogen (secondary N) is 1. The minimum absolute atomic E-state index is 0.106. The molecule has 2 aromatic rings. The van der Waals surface area contributed by atoms with Gasteiger partial charge in [-0.25, -0.2) is 18.4 Å². The number of alkyl halides is 3. The zero-order valence-electron chi connectivity index (χ0n) is 14.4. The molecular weight excluding hydrogens is 401 g/mol. The third kappa shape index (κ3) is 5.54. The monoisotopic (exact) mass is 416 g/mol. The van der Waals surface area contributed by atoms with Crippen molar-refractivity contribution in [3.05, 3.63) is 59.7 Å². The van der Waals surface area contributed by atoms with Gasteiger partial charge in [-0.2, -0.15) is 13.2 Å². The molecule has 0 radical (unpaired) electrons. The van der Waals surface area contributed by atoms with Crippen LogP contribution in [0.2, 0.25) is 0 Å². The smallest absolute Gasteiger partial charge is 0.416 e. The molecule has 0 heterocycles. The Kier molecular flexibility index (Phi) is 6.10. The van der Waals surface area contributed by atoms with Gasteiger partial charge < -0.3 is 10.1 Å². The average Bonchev–Trinajstić information content (AvgIpc) is 2.60. The Bertz CT molecular complexity index is 989. The van der Waals surface area contributed by atoms with Crippen LogP contribution in [-0.4, -0.2) is 26.4 Å². The second-order valence-electron chi connectivity index (χ2n) is 5.68. The maximum Gasteiger partial charge on any atom is 0.416 e. The normalized spacial score (nSPS) is 12.9.